The van der Waals surface area contributed by atoms with Crippen LogP contribution in [0.5, 0.6) is 0 Å². The molecule has 0 unspecified atom stereocenters. The number of fused-ring (bicyclic) bond motifs is 1. The maximum atomic E-state index is 11.9. The van der Waals surface area contributed by atoms with Gasteiger partial charge in [-0.05, 0) is 18.1 Å². The zero-order valence-electron chi connectivity index (χ0n) is 14.7. The molecule has 0 saturated heterocycles. The van der Waals surface area contributed by atoms with Gasteiger partial charge in [-0.15, -0.1) is 0 Å². The molecule has 1 aliphatic rings. The van der Waals surface area contributed by atoms with E-state index in [9.17, 15) is 9.59 Å². The summed E-state index contributed by atoms with van der Waals surface area (Å²) in [6, 6.07) is 8.10. The molecule has 2 rings (SSSR count). The lowest BCUT2D eigenvalue weighted by molar-refractivity contribution is -0.127. The van der Waals surface area contributed by atoms with Crippen molar-refractivity contribution in [2.24, 2.45) is 4.99 Å². The van der Waals surface area contributed by atoms with Crippen LogP contribution >= 0.6 is 0 Å². The summed E-state index contributed by atoms with van der Waals surface area (Å²) in [6.07, 6.45) is 0.917. The van der Waals surface area contributed by atoms with Crippen molar-refractivity contribution in [2.45, 2.75) is 6.42 Å². The van der Waals surface area contributed by atoms with Gasteiger partial charge in [-0.3, -0.25) is 9.59 Å². The van der Waals surface area contributed by atoms with Crippen LogP contribution < -0.4 is 10.2 Å². The number of anilines is 1. The number of hydrogen-bond donors (Lipinski definition) is 1. The van der Waals surface area contributed by atoms with E-state index in [1.165, 1.54) is 15.4 Å². The van der Waals surface area contributed by atoms with Gasteiger partial charge in [0.1, 0.15) is 6.54 Å². The molecule has 0 radical (unpaired) electrons. The van der Waals surface area contributed by atoms with Crippen molar-refractivity contribution >= 4 is 23.5 Å². The molecule has 7 nitrogen and oxygen atoms in total. The van der Waals surface area contributed by atoms with E-state index in [-0.39, 0.29) is 24.9 Å². The SMILES string of the molecule is CN(C)C(=O)CN=C(NCC(=O)N(C)C)N1CCc2ccccc21. The van der Waals surface area contributed by atoms with Gasteiger partial charge in [0.2, 0.25) is 11.8 Å². The molecule has 1 N–H and O–H groups in total. The molecule has 0 aliphatic carbocycles. The Hall–Kier alpha value is -2.57. The standard InChI is InChI=1S/C17H25N5O2/c1-20(2)15(23)11-18-17(19-12-16(24)21(3)4)22-10-9-13-7-5-6-8-14(13)22/h5-8H,9-12H2,1-4H3,(H,18,19). The van der Waals surface area contributed by atoms with Gasteiger partial charge < -0.3 is 20.0 Å². The van der Waals surface area contributed by atoms with Crippen molar-refractivity contribution in [3.05, 3.63) is 29.8 Å². The highest BCUT2D eigenvalue weighted by Crippen LogP contribution is 2.27. The number of guanidine groups is 1. The Morgan fingerprint density at radius 1 is 1.12 bits per heavy atom. The molecule has 0 bridgehead atoms. The summed E-state index contributed by atoms with van der Waals surface area (Å²) in [4.78, 5) is 33.2. The average Bonchev–Trinajstić information content (AvgIpc) is 2.98. The Balaban J connectivity index is 2.18. The summed E-state index contributed by atoms with van der Waals surface area (Å²) in [5.74, 6) is 0.431. The Morgan fingerprint density at radius 2 is 1.79 bits per heavy atom. The van der Waals surface area contributed by atoms with Gasteiger partial charge in [-0.2, -0.15) is 0 Å². The van der Waals surface area contributed by atoms with Gasteiger partial charge in [0.15, 0.2) is 5.96 Å². The third-order valence-electron chi connectivity index (χ3n) is 3.90. The number of benzene rings is 1. The molecule has 24 heavy (non-hydrogen) atoms. The van der Waals surface area contributed by atoms with E-state index < -0.39 is 0 Å². The molecular formula is C17H25N5O2. The van der Waals surface area contributed by atoms with Crippen LogP contribution in [0.4, 0.5) is 5.69 Å². The predicted octanol–water partition coefficient (Wildman–Crippen LogP) is 0.171. The first-order valence-electron chi connectivity index (χ1n) is 7.94. The van der Waals surface area contributed by atoms with E-state index in [1.807, 2.05) is 23.1 Å². The normalized spacial score (nSPS) is 13.5. The summed E-state index contributed by atoms with van der Waals surface area (Å²) in [7, 11) is 6.82. The fraction of sp³-hybridized carbons (Fsp3) is 0.471. The van der Waals surface area contributed by atoms with Crippen LogP contribution in [0.1, 0.15) is 5.56 Å². The average molecular weight is 331 g/mol. The lowest BCUT2D eigenvalue weighted by atomic mass is 10.2. The third kappa shape index (κ3) is 4.24. The monoisotopic (exact) mass is 331 g/mol. The van der Waals surface area contributed by atoms with E-state index >= 15 is 0 Å². The van der Waals surface area contributed by atoms with Crippen LogP contribution in [0, 0.1) is 0 Å². The van der Waals surface area contributed by atoms with Crippen LogP contribution in [0.15, 0.2) is 29.3 Å². The van der Waals surface area contributed by atoms with Gasteiger partial charge in [-0.1, -0.05) is 18.2 Å². The number of carbonyl (C=O) groups excluding carboxylic acids is 2. The molecule has 130 valence electrons. The van der Waals surface area contributed by atoms with Gasteiger partial charge >= 0.3 is 0 Å². The number of likely N-dealkylation sites (N-methyl/N-ethyl adjacent to an activating group) is 2. The molecule has 1 aliphatic heterocycles. The van der Waals surface area contributed by atoms with E-state index in [1.54, 1.807) is 28.2 Å². The molecule has 1 heterocycles. The first-order chi connectivity index (χ1) is 11.4. The summed E-state index contributed by atoms with van der Waals surface area (Å²) in [6.45, 7) is 0.961. The minimum Gasteiger partial charge on any atom is -0.347 e. The second-order valence-corrected chi connectivity index (χ2v) is 6.10. The molecule has 7 heteroatoms. The number of aliphatic imine (C=N–C) groups is 1. The second kappa shape index (κ2) is 7.81. The Labute approximate surface area is 142 Å². The topological polar surface area (TPSA) is 68.2 Å². The smallest absolute Gasteiger partial charge is 0.243 e. The zero-order valence-corrected chi connectivity index (χ0v) is 14.7. The van der Waals surface area contributed by atoms with Crippen LogP contribution in [0.2, 0.25) is 0 Å². The van der Waals surface area contributed by atoms with Crippen molar-refractivity contribution in [3.8, 4) is 0 Å². The van der Waals surface area contributed by atoms with Crippen molar-refractivity contribution < 1.29 is 9.59 Å². The third-order valence-corrected chi connectivity index (χ3v) is 3.90. The number of rotatable bonds is 4. The Morgan fingerprint density at radius 3 is 2.46 bits per heavy atom. The van der Waals surface area contributed by atoms with Crippen LogP contribution in [0.3, 0.4) is 0 Å². The summed E-state index contributed by atoms with van der Waals surface area (Å²) >= 11 is 0. The lowest BCUT2D eigenvalue weighted by Crippen LogP contribution is -2.45. The second-order valence-electron chi connectivity index (χ2n) is 6.10. The minimum absolute atomic E-state index is 0.0458. The predicted molar refractivity (Wildman–Crippen MR) is 95.2 cm³/mol. The molecule has 1 aromatic rings. The van der Waals surface area contributed by atoms with Crippen molar-refractivity contribution in [2.75, 3.05) is 52.7 Å². The highest BCUT2D eigenvalue weighted by Gasteiger charge is 2.23. The number of nitrogens with zero attached hydrogens (tertiary/aromatic N) is 4. The number of para-hydroxylation sites is 1. The molecule has 0 saturated carbocycles. The zero-order chi connectivity index (χ0) is 17.7. The van der Waals surface area contributed by atoms with Crippen molar-refractivity contribution in [1.82, 2.24) is 15.1 Å². The number of amides is 2. The molecule has 0 fully saturated rings. The molecular weight excluding hydrogens is 306 g/mol. The Kier molecular flexibility index (Phi) is 5.78. The molecule has 1 aromatic carbocycles. The molecule has 0 aromatic heterocycles. The van der Waals surface area contributed by atoms with E-state index in [4.69, 9.17) is 0 Å². The molecule has 0 spiro atoms. The van der Waals surface area contributed by atoms with Crippen molar-refractivity contribution in [3.63, 3.8) is 0 Å². The number of nitrogens with one attached hydrogen (secondary N) is 1. The van der Waals surface area contributed by atoms with Crippen LogP contribution in [-0.2, 0) is 16.0 Å². The van der Waals surface area contributed by atoms with Crippen molar-refractivity contribution in [1.29, 1.82) is 0 Å². The maximum Gasteiger partial charge on any atom is 0.243 e. The maximum absolute atomic E-state index is 11.9. The molecule has 2 amide bonds. The van der Waals surface area contributed by atoms with E-state index in [0.29, 0.717) is 5.96 Å². The van der Waals surface area contributed by atoms with Gasteiger partial charge in [0.25, 0.3) is 0 Å². The molecule has 0 atom stereocenters. The fourth-order valence-electron chi connectivity index (χ4n) is 2.39. The lowest BCUT2D eigenvalue weighted by Gasteiger charge is -2.23. The quantitative estimate of drug-likeness (QED) is 0.631. The Bertz CT molecular complexity index is 640. The van der Waals surface area contributed by atoms with Crippen LogP contribution in [-0.4, -0.2) is 75.4 Å². The van der Waals surface area contributed by atoms with Gasteiger partial charge in [0, 0.05) is 40.4 Å². The van der Waals surface area contributed by atoms with Gasteiger partial charge in [0.05, 0.1) is 6.54 Å². The highest BCUT2D eigenvalue weighted by atomic mass is 16.2. The summed E-state index contributed by atoms with van der Waals surface area (Å²) in [5, 5.41) is 3.09. The minimum atomic E-state index is -0.0827. The number of hydrogen-bond acceptors (Lipinski definition) is 3. The summed E-state index contributed by atoms with van der Waals surface area (Å²) in [5.41, 5.74) is 2.31. The first-order valence-corrected chi connectivity index (χ1v) is 7.94. The highest BCUT2D eigenvalue weighted by molar-refractivity contribution is 6.00. The first kappa shape index (κ1) is 17.8. The number of carbonyl (C=O) groups is 2. The van der Waals surface area contributed by atoms with E-state index in [2.05, 4.69) is 16.4 Å². The van der Waals surface area contributed by atoms with Gasteiger partial charge in [-0.25, -0.2) is 4.99 Å². The summed E-state index contributed by atoms with van der Waals surface area (Å²) < 4.78 is 0. The van der Waals surface area contributed by atoms with E-state index in [0.717, 1.165) is 18.7 Å². The van der Waals surface area contributed by atoms with Crippen LogP contribution in [0.25, 0.3) is 0 Å². The fourth-order valence-corrected chi connectivity index (χ4v) is 2.39. The largest absolute Gasteiger partial charge is 0.347 e.